The number of nitrogens with one attached hydrogen (secondary N) is 1. The summed E-state index contributed by atoms with van der Waals surface area (Å²) in [5.41, 5.74) is 1.07. The van der Waals surface area contributed by atoms with Gasteiger partial charge >= 0.3 is 6.18 Å². The van der Waals surface area contributed by atoms with Crippen molar-refractivity contribution in [3.05, 3.63) is 23.2 Å². The molecule has 0 aliphatic carbocycles. The molecule has 0 aromatic carbocycles. The molecule has 0 aliphatic rings. The zero-order chi connectivity index (χ0) is 15.2. The van der Waals surface area contributed by atoms with Crippen LogP contribution in [0, 0.1) is 6.92 Å². The van der Waals surface area contributed by atoms with Crippen molar-refractivity contribution in [2.45, 2.75) is 46.0 Å². The quantitative estimate of drug-likeness (QED) is 0.744. The molecule has 116 valence electrons. The molecule has 0 atom stereocenters. The largest absolute Gasteiger partial charge is 0.465 e. The molecule has 1 aromatic heterocycles. The summed E-state index contributed by atoms with van der Waals surface area (Å²) in [5.74, 6) is 1.54. The van der Waals surface area contributed by atoms with E-state index in [1.54, 1.807) is 11.9 Å². The van der Waals surface area contributed by atoms with Gasteiger partial charge in [-0.2, -0.15) is 13.2 Å². The second kappa shape index (κ2) is 7.69. The summed E-state index contributed by atoms with van der Waals surface area (Å²) >= 11 is 0. The van der Waals surface area contributed by atoms with Gasteiger partial charge in [-0.05, 0) is 33.0 Å². The first-order chi connectivity index (χ1) is 9.31. The van der Waals surface area contributed by atoms with Crippen LogP contribution in [-0.2, 0) is 13.1 Å². The molecule has 0 bridgehead atoms. The predicted octanol–water partition coefficient (Wildman–Crippen LogP) is 3.47. The van der Waals surface area contributed by atoms with E-state index in [1.165, 1.54) is 0 Å². The van der Waals surface area contributed by atoms with E-state index in [1.807, 2.05) is 13.0 Å². The maximum atomic E-state index is 12.1. The summed E-state index contributed by atoms with van der Waals surface area (Å²) in [4.78, 5) is 1.62. The fourth-order valence-corrected chi connectivity index (χ4v) is 1.90. The molecular weight excluding hydrogens is 269 g/mol. The lowest BCUT2D eigenvalue weighted by atomic mass is 10.2. The molecule has 0 aliphatic heterocycles. The highest BCUT2D eigenvalue weighted by molar-refractivity contribution is 5.20. The zero-order valence-electron chi connectivity index (χ0n) is 12.3. The van der Waals surface area contributed by atoms with Crippen LogP contribution in [-0.4, -0.2) is 31.2 Å². The smallest absolute Gasteiger partial charge is 0.390 e. The standard InChI is InChI=1S/C14H23F3N2O/c1-4-6-18-9-12-8-13(20-11(12)2)10-19(3)7-5-14(15,16)17/h8,18H,4-7,9-10H2,1-3H3. The van der Waals surface area contributed by atoms with Crippen LogP contribution in [0.4, 0.5) is 13.2 Å². The summed E-state index contributed by atoms with van der Waals surface area (Å²) in [5, 5.41) is 3.28. The van der Waals surface area contributed by atoms with Crippen LogP contribution in [0.15, 0.2) is 10.5 Å². The molecule has 0 fully saturated rings. The van der Waals surface area contributed by atoms with Gasteiger partial charge in [0.2, 0.25) is 0 Å². The molecule has 1 heterocycles. The molecule has 3 nitrogen and oxygen atoms in total. The Morgan fingerprint density at radius 2 is 2.05 bits per heavy atom. The number of rotatable bonds is 8. The van der Waals surface area contributed by atoms with Gasteiger partial charge in [-0.3, -0.25) is 4.90 Å². The molecule has 1 rings (SSSR count). The third-order valence-electron chi connectivity index (χ3n) is 3.02. The minimum Gasteiger partial charge on any atom is -0.465 e. The highest BCUT2D eigenvalue weighted by Crippen LogP contribution is 2.21. The second-order valence-electron chi connectivity index (χ2n) is 5.07. The van der Waals surface area contributed by atoms with Gasteiger partial charge in [-0.1, -0.05) is 6.92 Å². The van der Waals surface area contributed by atoms with E-state index in [0.717, 1.165) is 30.8 Å². The average Bonchev–Trinajstić information content (AvgIpc) is 2.67. The number of hydrogen-bond donors (Lipinski definition) is 1. The molecular formula is C14H23F3N2O. The van der Waals surface area contributed by atoms with Crippen LogP contribution in [0.2, 0.25) is 0 Å². The number of hydrogen-bond acceptors (Lipinski definition) is 3. The van der Waals surface area contributed by atoms with Gasteiger partial charge in [0.25, 0.3) is 0 Å². The molecule has 0 saturated heterocycles. The van der Waals surface area contributed by atoms with Crippen molar-refractivity contribution in [1.82, 2.24) is 10.2 Å². The van der Waals surface area contributed by atoms with Crippen molar-refractivity contribution >= 4 is 0 Å². The molecule has 1 aromatic rings. The zero-order valence-corrected chi connectivity index (χ0v) is 12.3. The topological polar surface area (TPSA) is 28.4 Å². The second-order valence-corrected chi connectivity index (χ2v) is 5.07. The average molecular weight is 292 g/mol. The summed E-state index contributed by atoms with van der Waals surface area (Å²) in [6, 6.07) is 1.92. The molecule has 0 radical (unpaired) electrons. The lowest BCUT2D eigenvalue weighted by molar-refractivity contribution is -0.137. The fraction of sp³-hybridized carbons (Fsp3) is 0.714. The maximum absolute atomic E-state index is 12.1. The van der Waals surface area contributed by atoms with Crippen LogP contribution < -0.4 is 5.32 Å². The van der Waals surface area contributed by atoms with Gasteiger partial charge < -0.3 is 9.73 Å². The van der Waals surface area contributed by atoms with Crippen LogP contribution in [0.1, 0.15) is 36.8 Å². The van der Waals surface area contributed by atoms with Gasteiger partial charge in [0.15, 0.2) is 0 Å². The number of aryl methyl sites for hydroxylation is 1. The van der Waals surface area contributed by atoms with E-state index in [4.69, 9.17) is 4.42 Å². The third-order valence-corrected chi connectivity index (χ3v) is 3.02. The fourth-order valence-electron chi connectivity index (χ4n) is 1.90. The van der Waals surface area contributed by atoms with E-state index < -0.39 is 12.6 Å². The molecule has 0 amide bonds. The molecule has 0 spiro atoms. The van der Waals surface area contributed by atoms with E-state index >= 15 is 0 Å². The Hall–Kier alpha value is -1.01. The first-order valence-corrected chi connectivity index (χ1v) is 6.86. The van der Waals surface area contributed by atoms with Crippen molar-refractivity contribution in [2.24, 2.45) is 0 Å². The van der Waals surface area contributed by atoms with Crippen molar-refractivity contribution in [2.75, 3.05) is 20.1 Å². The van der Waals surface area contributed by atoms with Crippen LogP contribution in [0.5, 0.6) is 0 Å². The Bertz CT molecular complexity index is 402. The van der Waals surface area contributed by atoms with E-state index in [2.05, 4.69) is 12.2 Å². The van der Waals surface area contributed by atoms with Gasteiger partial charge in [-0.15, -0.1) is 0 Å². The lowest BCUT2D eigenvalue weighted by Crippen LogP contribution is -2.23. The Labute approximate surface area is 118 Å². The number of alkyl halides is 3. The third kappa shape index (κ3) is 6.43. The summed E-state index contributed by atoms with van der Waals surface area (Å²) in [6.45, 7) is 6.01. The molecule has 6 heteroatoms. The predicted molar refractivity (Wildman–Crippen MR) is 72.4 cm³/mol. The molecule has 1 N–H and O–H groups in total. The highest BCUT2D eigenvalue weighted by Gasteiger charge is 2.27. The number of furan rings is 1. The van der Waals surface area contributed by atoms with Crippen LogP contribution in [0.3, 0.4) is 0 Å². The normalized spacial score (nSPS) is 12.3. The van der Waals surface area contributed by atoms with Gasteiger partial charge in [0, 0.05) is 18.7 Å². The van der Waals surface area contributed by atoms with E-state index in [9.17, 15) is 13.2 Å². The first kappa shape index (κ1) is 17.0. The first-order valence-electron chi connectivity index (χ1n) is 6.86. The van der Waals surface area contributed by atoms with E-state index in [0.29, 0.717) is 12.3 Å². The van der Waals surface area contributed by atoms with Crippen molar-refractivity contribution in [3.63, 3.8) is 0 Å². The minimum atomic E-state index is -4.11. The van der Waals surface area contributed by atoms with Gasteiger partial charge in [0.05, 0.1) is 13.0 Å². The van der Waals surface area contributed by atoms with Crippen LogP contribution in [0.25, 0.3) is 0 Å². The highest BCUT2D eigenvalue weighted by atomic mass is 19.4. The molecule has 0 unspecified atom stereocenters. The minimum absolute atomic E-state index is 0.0212. The Morgan fingerprint density at radius 1 is 1.35 bits per heavy atom. The lowest BCUT2D eigenvalue weighted by Gasteiger charge is -2.16. The number of halogens is 3. The summed E-state index contributed by atoms with van der Waals surface area (Å²) in [7, 11) is 1.67. The Kier molecular flexibility index (Phi) is 6.55. The van der Waals surface area contributed by atoms with Gasteiger partial charge in [-0.25, -0.2) is 0 Å². The molecule has 0 saturated carbocycles. The van der Waals surface area contributed by atoms with Crippen molar-refractivity contribution in [1.29, 1.82) is 0 Å². The SMILES string of the molecule is CCCNCc1cc(CN(C)CCC(F)(F)F)oc1C. The monoisotopic (exact) mass is 292 g/mol. The van der Waals surface area contributed by atoms with Crippen molar-refractivity contribution in [3.8, 4) is 0 Å². The maximum Gasteiger partial charge on any atom is 0.390 e. The molecule has 20 heavy (non-hydrogen) atoms. The van der Waals surface area contributed by atoms with E-state index in [-0.39, 0.29) is 6.54 Å². The Balaban J connectivity index is 2.45. The summed E-state index contributed by atoms with van der Waals surface area (Å²) in [6.07, 6.45) is -3.85. The van der Waals surface area contributed by atoms with Crippen LogP contribution >= 0.6 is 0 Å². The van der Waals surface area contributed by atoms with Crippen molar-refractivity contribution < 1.29 is 17.6 Å². The van der Waals surface area contributed by atoms with Gasteiger partial charge in [0.1, 0.15) is 11.5 Å². The Morgan fingerprint density at radius 3 is 2.65 bits per heavy atom. The number of nitrogens with zero attached hydrogens (tertiary/aromatic N) is 1. The summed E-state index contributed by atoms with van der Waals surface area (Å²) < 4.78 is 42.0.